The van der Waals surface area contributed by atoms with Crippen molar-refractivity contribution in [1.82, 2.24) is 0 Å². The highest BCUT2D eigenvalue weighted by Crippen LogP contribution is 2.43. The zero-order chi connectivity index (χ0) is 35.2. The number of phosphoric acid groups is 1. The molecule has 0 rings (SSSR count). The maximum Gasteiger partial charge on any atom is 0.472 e. The number of allylic oxidation sites excluding steroid dienone is 10. The topological polar surface area (TPSA) is 117 Å². The number of hydrogen-bond donors (Lipinski definition) is 2. The van der Waals surface area contributed by atoms with Crippen LogP contribution in [0.25, 0.3) is 0 Å². The van der Waals surface area contributed by atoms with E-state index in [1.54, 1.807) is 0 Å². The van der Waals surface area contributed by atoms with E-state index in [-0.39, 0.29) is 32.8 Å². The van der Waals surface area contributed by atoms with E-state index < -0.39 is 19.9 Å². The van der Waals surface area contributed by atoms with Crippen LogP contribution in [0.5, 0.6) is 0 Å². The van der Waals surface area contributed by atoms with E-state index in [0.717, 1.165) is 44.9 Å². The number of unbranched alkanes of at least 4 members (excludes halogenated alkanes) is 12. The minimum Gasteiger partial charge on any atom is -0.457 e. The Balaban J connectivity index is 4.21. The van der Waals surface area contributed by atoms with Crippen molar-refractivity contribution in [2.45, 2.75) is 148 Å². The molecule has 0 aliphatic carbocycles. The van der Waals surface area contributed by atoms with Crippen LogP contribution in [0.1, 0.15) is 142 Å². The van der Waals surface area contributed by atoms with Crippen LogP contribution in [0.15, 0.2) is 60.8 Å². The van der Waals surface area contributed by atoms with E-state index in [4.69, 9.17) is 24.3 Å². The number of hydrogen-bond acceptors (Lipinski definition) is 7. The van der Waals surface area contributed by atoms with Crippen molar-refractivity contribution in [3.05, 3.63) is 60.8 Å². The lowest BCUT2D eigenvalue weighted by Gasteiger charge is -2.19. The van der Waals surface area contributed by atoms with Gasteiger partial charge >= 0.3 is 13.8 Å². The molecular weight excluding hydrogens is 625 g/mol. The summed E-state index contributed by atoms with van der Waals surface area (Å²) in [5, 5.41) is 0. The summed E-state index contributed by atoms with van der Waals surface area (Å²) in [7, 11) is -4.29. The summed E-state index contributed by atoms with van der Waals surface area (Å²) in [5.41, 5.74) is 5.34. The van der Waals surface area contributed by atoms with Gasteiger partial charge < -0.3 is 20.1 Å². The van der Waals surface area contributed by atoms with Crippen molar-refractivity contribution >= 4 is 13.8 Å². The second-order valence-corrected chi connectivity index (χ2v) is 13.5. The smallest absolute Gasteiger partial charge is 0.457 e. The first kappa shape index (κ1) is 46.2. The Bertz CT molecular complexity index is 916. The van der Waals surface area contributed by atoms with Crippen molar-refractivity contribution in [2.75, 3.05) is 33.0 Å². The average molecular weight is 696 g/mol. The Morgan fingerprint density at radius 1 is 0.646 bits per heavy atom. The van der Waals surface area contributed by atoms with Crippen LogP contribution in [0.4, 0.5) is 0 Å². The van der Waals surface area contributed by atoms with Crippen LogP contribution in [-0.2, 0) is 27.9 Å². The number of ether oxygens (including phenoxy) is 2. The standard InChI is InChI=1S/C39H70NO7P/c1-3-5-7-9-11-13-15-17-18-19-21-23-25-27-29-31-34-44-36-38(37-46-48(42,43)45-35-33-40)47-39(41)32-30-28-26-24-22-20-16-14-12-10-8-6-4-2/h6,8,12,14,17-18,20,22,26,28,38H,3-5,7,9-11,13,15-16,19,21,23-25,27,29-37,40H2,1-2H3,(H,42,43)/b8-6-,14-12-,18-17-,22-20-,28-26-. The van der Waals surface area contributed by atoms with Crippen LogP contribution in [-0.4, -0.2) is 49.9 Å². The van der Waals surface area contributed by atoms with Gasteiger partial charge in [0.1, 0.15) is 6.10 Å². The Labute approximate surface area is 293 Å². The molecule has 3 N–H and O–H groups in total. The highest BCUT2D eigenvalue weighted by atomic mass is 31.2. The lowest BCUT2D eigenvalue weighted by molar-refractivity contribution is -0.154. The molecule has 48 heavy (non-hydrogen) atoms. The van der Waals surface area contributed by atoms with Crippen molar-refractivity contribution in [3.8, 4) is 0 Å². The molecule has 0 aromatic heterocycles. The molecule has 0 amide bonds. The van der Waals surface area contributed by atoms with Crippen molar-refractivity contribution < 1.29 is 32.8 Å². The summed E-state index contributed by atoms with van der Waals surface area (Å²) < 4.78 is 33.2. The molecule has 2 atom stereocenters. The van der Waals surface area contributed by atoms with Gasteiger partial charge in [0, 0.05) is 19.6 Å². The number of nitrogens with two attached hydrogens (primary N) is 1. The Kier molecular flexibility index (Phi) is 35.1. The Hall–Kier alpha value is -1.80. The summed E-state index contributed by atoms with van der Waals surface area (Å²) in [4.78, 5) is 22.3. The number of rotatable bonds is 35. The molecule has 0 bridgehead atoms. The van der Waals surface area contributed by atoms with Crippen molar-refractivity contribution in [1.29, 1.82) is 0 Å². The van der Waals surface area contributed by atoms with Gasteiger partial charge in [-0.2, -0.15) is 0 Å². The lowest BCUT2D eigenvalue weighted by atomic mass is 10.1. The molecule has 0 heterocycles. The van der Waals surface area contributed by atoms with Crippen LogP contribution in [0.2, 0.25) is 0 Å². The van der Waals surface area contributed by atoms with Crippen LogP contribution < -0.4 is 5.73 Å². The summed E-state index contributed by atoms with van der Waals surface area (Å²) in [5.74, 6) is -0.414. The van der Waals surface area contributed by atoms with E-state index in [1.165, 1.54) is 70.6 Å². The summed E-state index contributed by atoms with van der Waals surface area (Å²) in [6.07, 6.45) is 42.5. The first-order valence-electron chi connectivity index (χ1n) is 18.8. The molecule has 8 nitrogen and oxygen atoms in total. The fraction of sp³-hybridized carbons (Fsp3) is 0.718. The molecule has 0 aliphatic heterocycles. The number of carbonyl (C=O) groups is 1. The summed E-state index contributed by atoms with van der Waals surface area (Å²) in [6, 6.07) is 0. The number of esters is 1. The van der Waals surface area contributed by atoms with Gasteiger partial charge in [-0.15, -0.1) is 0 Å². The predicted octanol–water partition coefficient (Wildman–Crippen LogP) is 10.6. The maximum absolute atomic E-state index is 12.5. The van der Waals surface area contributed by atoms with E-state index in [9.17, 15) is 14.3 Å². The molecule has 0 aliphatic rings. The highest BCUT2D eigenvalue weighted by molar-refractivity contribution is 7.47. The third-order valence-corrected chi connectivity index (χ3v) is 8.42. The van der Waals surface area contributed by atoms with E-state index in [0.29, 0.717) is 13.0 Å². The summed E-state index contributed by atoms with van der Waals surface area (Å²) in [6.45, 7) is 4.66. The third kappa shape index (κ3) is 35.5. The first-order valence-corrected chi connectivity index (χ1v) is 20.3. The SMILES string of the molecule is CC/C=C\C/C=C\C/C=C\C/C=C\CCC(=O)OC(COCCCCCCCC/C=C\CCCCCCCC)COP(=O)(O)OCCN. The first-order chi connectivity index (χ1) is 23.4. The van der Waals surface area contributed by atoms with Crippen LogP contribution >= 0.6 is 7.82 Å². The number of carbonyl (C=O) groups excluding carboxylic acids is 1. The number of phosphoric ester groups is 1. The second kappa shape index (κ2) is 36.5. The van der Waals surface area contributed by atoms with Crippen molar-refractivity contribution in [2.24, 2.45) is 5.73 Å². The normalized spacial score (nSPS) is 14.3. The van der Waals surface area contributed by atoms with Gasteiger partial charge in [-0.25, -0.2) is 4.57 Å². The van der Waals surface area contributed by atoms with Gasteiger partial charge in [0.05, 0.1) is 19.8 Å². The Morgan fingerprint density at radius 2 is 1.17 bits per heavy atom. The fourth-order valence-electron chi connectivity index (χ4n) is 4.71. The van der Waals surface area contributed by atoms with E-state index in [2.05, 4.69) is 62.5 Å². The fourth-order valence-corrected chi connectivity index (χ4v) is 5.47. The zero-order valence-corrected chi connectivity index (χ0v) is 31.3. The maximum atomic E-state index is 12.5. The molecule has 0 aromatic carbocycles. The van der Waals surface area contributed by atoms with E-state index >= 15 is 0 Å². The Morgan fingerprint density at radius 3 is 1.75 bits per heavy atom. The molecule has 0 radical (unpaired) electrons. The van der Waals surface area contributed by atoms with Gasteiger partial charge in [0.2, 0.25) is 0 Å². The minimum atomic E-state index is -4.29. The van der Waals surface area contributed by atoms with Gasteiger partial charge in [0.25, 0.3) is 0 Å². The van der Waals surface area contributed by atoms with Crippen molar-refractivity contribution in [3.63, 3.8) is 0 Å². The van der Waals surface area contributed by atoms with Gasteiger partial charge in [0.15, 0.2) is 0 Å². The minimum absolute atomic E-state index is 0.0810. The molecular formula is C39H70NO7P. The zero-order valence-electron chi connectivity index (χ0n) is 30.4. The van der Waals surface area contributed by atoms with E-state index in [1.807, 2.05) is 12.2 Å². The molecule has 9 heteroatoms. The molecule has 0 spiro atoms. The van der Waals surface area contributed by atoms with Crippen LogP contribution in [0.3, 0.4) is 0 Å². The highest BCUT2D eigenvalue weighted by Gasteiger charge is 2.25. The van der Waals surface area contributed by atoms with Gasteiger partial charge in [-0.3, -0.25) is 13.8 Å². The molecule has 0 saturated carbocycles. The molecule has 0 saturated heterocycles. The van der Waals surface area contributed by atoms with Gasteiger partial charge in [-0.05, 0) is 64.2 Å². The quantitative estimate of drug-likeness (QED) is 0.0291. The third-order valence-electron chi connectivity index (χ3n) is 7.43. The molecule has 2 unspecified atom stereocenters. The molecule has 0 aromatic rings. The molecule has 0 fully saturated rings. The predicted molar refractivity (Wildman–Crippen MR) is 201 cm³/mol. The van der Waals surface area contributed by atoms with Crippen LogP contribution in [0, 0.1) is 0 Å². The largest absolute Gasteiger partial charge is 0.472 e. The lowest BCUT2D eigenvalue weighted by Crippen LogP contribution is -2.28. The second-order valence-electron chi connectivity index (χ2n) is 12.1. The molecule has 278 valence electrons. The summed E-state index contributed by atoms with van der Waals surface area (Å²) >= 11 is 0. The van der Waals surface area contributed by atoms with Gasteiger partial charge in [-0.1, -0.05) is 132 Å². The monoisotopic (exact) mass is 695 g/mol. The average Bonchev–Trinajstić information content (AvgIpc) is 3.07.